The average Bonchev–Trinajstić information content (AvgIpc) is 0. The van der Waals surface area contributed by atoms with Gasteiger partial charge in [-0.05, 0) is 0 Å². The van der Waals surface area contributed by atoms with E-state index in [2.05, 4.69) is 0 Å². The largest absolute Gasteiger partial charge is 3.00 e. The van der Waals surface area contributed by atoms with Gasteiger partial charge in [0.25, 0.3) is 0 Å². The Morgan fingerprint density at radius 2 is 0.545 bits per heavy atom. The molecule has 0 fully saturated rings. The summed E-state index contributed by atoms with van der Waals surface area (Å²) >= 11 is 0. The maximum Gasteiger partial charge on any atom is 3.00 e. The molecule has 0 aliphatic heterocycles. The standard InChI is InChI=1S/2Fe.2Ga.2La.3O.2Sr.4H/q;;2*+3;;;3*-2;2*+2;4*-1. The zero-order chi connectivity index (χ0) is 0. The predicted octanol–water partition coefficient (Wildman–Crippen LogP) is -1.43. The van der Waals surface area contributed by atoms with Crippen molar-refractivity contribution in [3.8, 4) is 0 Å². The third kappa shape index (κ3) is 74.5. The topological polar surface area (TPSA) is 85.5 Å². The molecule has 0 aliphatic carbocycles. The summed E-state index contributed by atoms with van der Waals surface area (Å²) in [6.07, 6.45) is 0. The summed E-state index contributed by atoms with van der Waals surface area (Å²) < 4.78 is 0. The Labute approximate surface area is 250 Å². The molecule has 0 spiro atoms. The average molecular weight is 756 g/mol. The van der Waals surface area contributed by atoms with Crippen LogP contribution in [0.3, 0.4) is 0 Å². The summed E-state index contributed by atoms with van der Waals surface area (Å²) in [6, 6.07) is 0. The monoisotopic (exact) mass is 755 g/mol. The first-order valence-electron chi connectivity index (χ1n) is 0. The number of hydrogen-bond donors (Lipinski definition) is 0. The van der Waals surface area contributed by atoms with Gasteiger partial charge in [-0.3, -0.25) is 0 Å². The quantitative estimate of drug-likeness (QED) is 0.272. The fourth-order valence-corrected chi connectivity index (χ4v) is 0. The van der Waals surface area contributed by atoms with Crippen molar-refractivity contribution in [2.24, 2.45) is 0 Å². The molecule has 0 bridgehead atoms. The van der Waals surface area contributed by atoms with E-state index in [0.29, 0.717) is 0 Å². The molecule has 0 aromatic heterocycles. The van der Waals surface area contributed by atoms with Gasteiger partial charge in [-0.1, -0.05) is 0 Å². The molecular weight excluding hydrogens is 752 g/mol. The fraction of sp³-hybridized carbons (Fsp3) is 0. The van der Waals surface area contributed by atoms with Crippen LogP contribution in [0.1, 0.15) is 5.71 Å². The molecule has 3 nitrogen and oxygen atoms in total. The van der Waals surface area contributed by atoms with E-state index >= 15 is 0 Å². The van der Waals surface area contributed by atoms with Gasteiger partial charge >= 0.3 is 131 Å². The van der Waals surface area contributed by atoms with Crippen molar-refractivity contribution in [1.29, 1.82) is 0 Å². The van der Waals surface area contributed by atoms with Gasteiger partial charge in [-0.15, -0.1) is 0 Å². The normalized spacial score (nSPS) is 0. The van der Waals surface area contributed by atoms with E-state index in [1.807, 2.05) is 0 Å². The van der Waals surface area contributed by atoms with Crippen LogP contribution in [0.25, 0.3) is 0 Å². The van der Waals surface area contributed by atoms with Crippen molar-refractivity contribution >= 4 is 131 Å². The molecule has 0 amide bonds. The van der Waals surface area contributed by atoms with Crippen molar-refractivity contribution in [1.82, 2.24) is 0 Å². The van der Waals surface area contributed by atoms with E-state index in [4.69, 9.17) is 0 Å². The molecule has 0 N–H and O–H groups in total. The molecule has 0 heterocycles. The van der Waals surface area contributed by atoms with Gasteiger partial charge in [0.05, 0.1) is 0 Å². The molecule has 2 radical (unpaired) electrons. The van der Waals surface area contributed by atoms with Crippen LogP contribution in [0.4, 0.5) is 0 Å². The first-order valence-corrected chi connectivity index (χ1v) is 0. The third-order valence-electron chi connectivity index (χ3n) is 0. The van der Waals surface area contributed by atoms with Gasteiger partial charge in [0, 0.05) is 105 Å². The van der Waals surface area contributed by atoms with Crippen LogP contribution in [0.15, 0.2) is 0 Å². The van der Waals surface area contributed by atoms with Crippen LogP contribution < -0.4 is 0 Å². The Kier molecular flexibility index (Phi) is 769. The minimum Gasteiger partial charge on any atom is -2.00 e. The van der Waals surface area contributed by atoms with E-state index in [9.17, 15) is 0 Å². The summed E-state index contributed by atoms with van der Waals surface area (Å²) in [6.45, 7) is 0. The molecule has 0 rings (SSSR count). The van der Waals surface area contributed by atoms with Crippen LogP contribution in [0.2, 0.25) is 0 Å². The molecular formula is H4Fe2Ga2La2O3Sr2. The summed E-state index contributed by atoms with van der Waals surface area (Å²) in [4.78, 5) is 0. The van der Waals surface area contributed by atoms with E-state index in [-0.39, 0.29) is 258 Å². The second kappa shape index (κ2) is 84.4. The Morgan fingerprint density at radius 3 is 0.545 bits per heavy atom. The number of hydrogen-bond acceptors (Lipinski definition) is 0. The second-order valence-electron chi connectivity index (χ2n) is 0. The van der Waals surface area contributed by atoms with Crippen LogP contribution >= 0.6 is 0 Å². The Bertz CT molecular complexity index is 37.8. The number of rotatable bonds is 0. The molecule has 54 valence electrons. The molecule has 0 saturated heterocycles. The van der Waals surface area contributed by atoms with Crippen molar-refractivity contribution in [2.75, 3.05) is 0 Å². The minimum absolute atomic E-state index is 0. The predicted molar refractivity (Wildman–Crippen MR) is 29.5 cm³/mol. The summed E-state index contributed by atoms with van der Waals surface area (Å²) in [5.41, 5.74) is 0. The van der Waals surface area contributed by atoms with Crippen LogP contribution in [-0.4, -0.2) is 131 Å². The van der Waals surface area contributed by atoms with Gasteiger partial charge in [0.2, 0.25) is 0 Å². The molecule has 0 saturated carbocycles. The van der Waals surface area contributed by atoms with Crippen LogP contribution in [0.5, 0.6) is 0 Å². The molecule has 0 atom stereocenters. The molecule has 11 heavy (non-hydrogen) atoms. The maximum absolute atomic E-state index is 0. The summed E-state index contributed by atoms with van der Waals surface area (Å²) in [7, 11) is 0. The Balaban J connectivity index is 0. The second-order valence-corrected chi connectivity index (χ2v) is 0. The smallest absolute Gasteiger partial charge is 2.00 e. The summed E-state index contributed by atoms with van der Waals surface area (Å²) in [5, 5.41) is 0. The maximum atomic E-state index is 0. The molecule has 0 unspecified atom stereocenters. The van der Waals surface area contributed by atoms with E-state index in [1.165, 1.54) is 0 Å². The first-order chi connectivity index (χ1) is 0. The van der Waals surface area contributed by atoms with Crippen molar-refractivity contribution in [3.05, 3.63) is 0 Å². The van der Waals surface area contributed by atoms with Gasteiger partial charge in [-0.2, -0.15) is 0 Å². The van der Waals surface area contributed by atoms with E-state index < -0.39 is 0 Å². The zero-order valence-electron chi connectivity index (χ0n) is 9.66. The van der Waals surface area contributed by atoms with Crippen molar-refractivity contribution < 1.29 is 127 Å². The molecule has 0 aliphatic rings. The zero-order valence-corrected chi connectivity index (χ0v) is 26.9. The first kappa shape index (κ1) is 100. The van der Waals surface area contributed by atoms with E-state index in [0.717, 1.165) is 0 Å². The Hall–Kier alpha value is 7.54. The SMILES string of the molecule is [Fe].[Fe].[Ga+3].[Ga+3].[H-].[H-].[H-].[H-].[La].[La].[O-2].[O-2].[O-2].[Sr+2].[Sr+2]. The van der Waals surface area contributed by atoms with Gasteiger partial charge in [0.15, 0.2) is 0 Å². The Morgan fingerprint density at radius 1 is 0.545 bits per heavy atom. The molecule has 0 aromatic rings. The molecule has 11 heteroatoms. The minimum atomic E-state index is 0. The summed E-state index contributed by atoms with van der Waals surface area (Å²) in [5.74, 6) is 0. The van der Waals surface area contributed by atoms with Gasteiger partial charge in [-0.25, -0.2) is 0 Å². The van der Waals surface area contributed by atoms with Crippen LogP contribution in [0, 0.1) is 71.2 Å². The van der Waals surface area contributed by atoms with Crippen molar-refractivity contribution in [2.45, 2.75) is 0 Å². The van der Waals surface area contributed by atoms with Crippen LogP contribution in [-0.2, 0) is 50.6 Å². The van der Waals surface area contributed by atoms with Crippen molar-refractivity contribution in [3.63, 3.8) is 0 Å². The third-order valence-corrected chi connectivity index (χ3v) is 0. The van der Waals surface area contributed by atoms with Gasteiger partial charge in [0.1, 0.15) is 0 Å². The fourth-order valence-electron chi connectivity index (χ4n) is 0. The van der Waals surface area contributed by atoms with E-state index in [1.54, 1.807) is 0 Å². The molecule has 0 aromatic carbocycles. The van der Waals surface area contributed by atoms with Gasteiger partial charge < -0.3 is 22.1 Å².